The Hall–Kier alpha value is -1.69. The summed E-state index contributed by atoms with van der Waals surface area (Å²) in [5.74, 6) is 0.567. The van der Waals surface area contributed by atoms with Gasteiger partial charge in [0, 0.05) is 20.1 Å². The number of aromatic nitrogens is 2. The molecule has 6 nitrogen and oxygen atoms in total. The quantitative estimate of drug-likeness (QED) is 0.762. The second-order valence-electron chi connectivity index (χ2n) is 3.46. The minimum absolute atomic E-state index is 0.0848. The number of rotatable bonds is 2. The Kier molecular flexibility index (Phi) is 3.31. The average Bonchev–Trinajstić information content (AvgIpc) is 2.39. The Labute approximate surface area is 93.6 Å². The fourth-order valence-electron chi connectivity index (χ4n) is 1.51. The van der Waals surface area contributed by atoms with E-state index in [-0.39, 0.29) is 5.91 Å². The summed E-state index contributed by atoms with van der Waals surface area (Å²) >= 11 is 0. The first-order valence-corrected chi connectivity index (χ1v) is 5.20. The molecule has 1 saturated heterocycles. The number of morpholine rings is 1. The maximum atomic E-state index is 11.9. The molecule has 0 saturated carbocycles. The SMILES string of the molecule is CNc1ccc(C(=O)N2CCOCC2)nn1. The highest BCUT2D eigenvalue weighted by Gasteiger charge is 2.19. The lowest BCUT2D eigenvalue weighted by molar-refractivity contribution is 0.0298. The fraction of sp³-hybridized carbons (Fsp3) is 0.500. The van der Waals surface area contributed by atoms with Crippen molar-refractivity contribution in [1.82, 2.24) is 15.1 Å². The molecule has 1 amide bonds. The lowest BCUT2D eigenvalue weighted by Gasteiger charge is -2.26. The maximum Gasteiger partial charge on any atom is 0.274 e. The smallest absolute Gasteiger partial charge is 0.274 e. The van der Waals surface area contributed by atoms with Crippen molar-refractivity contribution in [2.75, 3.05) is 38.7 Å². The molecule has 0 aliphatic carbocycles. The van der Waals surface area contributed by atoms with Crippen molar-refractivity contribution < 1.29 is 9.53 Å². The van der Waals surface area contributed by atoms with E-state index in [9.17, 15) is 4.79 Å². The van der Waals surface area contributed by atoms with Crippen molar-refractivity contribution in [3.8, 4) is 0 Å². The molecular weight excluding hydrogens is 208 g/mol. The lowest BCUT2D eigenvalue weighted by atomic mass is 10.3. The molecule has 1 aromatic heterocycles. The Balaban J connectivity index is 2.07. The number of hydrogen-bond acceptors (Lipinski definition) is 5. The van der Waals surface area contributed by atoms with E-state index >= 15 is 0 Å². The molecule has 0 bridgehead atoms. The summed E-state index contributed by atoms with van der Waals surface area (Å²) in [6, 6.07) is 3.41. The van der Waals surface area contributed by atoms with Gasteiger partial charge in [-0.2, -0.15) is 0 Å². The second kappa shape index (κ2) is 4.89. The van der Waals surface area contributed by atoms with Crippen LogP contribution in [0.5, 0.6) is 0 Å². The van der Waals surface area contributed by atoms with Crippen LogP contribution in [0.2, 0.25) is 0 Å². The number of hydrogen-bond donors (Lipinski definition) is 1. The van der Waals surface area contributed by atoms with Gasteiger partial charge in [0.2, 0.25) is 0 Å². The number of amides is 1. The van der Waals surface area contributed by atoms with Crippen molar-refractivity contribution in [3.05, 3.63) is 17.8 Å². The predicted octanol–water partition coefficient (Wildman–Crippen LogP) is -0.00930. The van der Waals surface area contributed by atoms with Crippen LogP contribution >= 0.6 is 0 Å². The number of anilines is 1. The zero-order chi connectivity index (χ0) is 11.4. The van der Waals surface area contributed by atoms with Crippen LogP contribution < -0.4 is 5.32 Å². The van der Waals surface area contributed by atoms with Gasteiger partial charge >= 0.3 is 0 Å². The summed E-state index contributed by atoms with van der Waals surface area (Å²) < 4.78 is 5.18. The lowest BCUT2D eigenvalue weighted by Crippen LogP contribution is -2.41. The summed E-state index contributed by atoms with van der Waals surface area (Å²) in [5, 5.41) is 10.6. The monoisotopic (exact) mass is 222 g/mol. The van der Waals surface area contributed by atoms with Crippen molar-refractivity contribution in [2.45, 2.75) is 0 Å². The summed E-state index contributed by atoms with van der Waals surface area (Å²) in [5.41, 5.74) is 0.376. The summed E-state index contributed by atoms with van der Waals surface area (Å²) in [6.07, 6.45) is 0. The predicted molar refractivity (Wildman–Crippen MR) is 58.3 cm³/mol. The first-order valence-electron chi connectivity index (χ1n) is 5.20. The second-order valence-corrected chi connectivity index (χ2v) is 3.46. The highest BCUT2D eigenvalue weighted by molar-refractivity contribution is 5.92. The van der Waals surface area contributed by atoms with Gasteiger partial charge in [-0.25, -0.2) is 0 Å². The fourth-order valence-corrected chi connectivity index (χ4v) is 1.51. The van der Waals surface area contributed by atoms with Crippen molar-refractivity contribution in [2.24, 2.45) is 0 Å². The molecule has 6 heteroatoms. The van der Waals surface area contributed by atoms with Crippen molar-refractivity contribution in [1.29, 1.82) is 0 Å². The molecule has 2 heterocycles. The zero-order valence-electron chi connectivity index (χ0n) is 9.14. The highest BCUT2D eigenvalue weighted by atomic mass is 16.5. The summed E-state index contributed by atoms with van der Waals surface area (Å²) in [4.78, 5) is 13.7. The van der Waals surface area contributed by atoms with E-state index in [1.54, 1.807) is 24.1 Å². The van der Waals surface area contributed by atoms with Gasteiger partial charge in [-0.1, -0.05) is 0 Å². The average molecular weight is 222 g/mol. The van der Waals surface area contributed by atoms with E-state index in [0.717, 1.165) is 0 Å². The number of nitrogens with one attached hydrogen (secondary N) is 1. The van der Waals surface area contributed by atoms with Crippen LogP contribution in [-0.4, -0.2) is 54.4 Å². The number of carbonyl (C=O) groups is 1. The van der Waals surface area contributed by atoms with E-state index < -0.39 is 0 Å². The Morgan fingerprint density at radius 1 is 1.38 bits per heavy atom. The van der Waals surface area contributed by atoms with Crippen molar-refractivity contribution >= 4 is 11.7 Å². The highest BCUT2D eigenvalue weighted by Crippen LogP contribution is 2.06. The third-order valence-electron chi connectivity index (χ3n) is 2.44. The van der Waals surface area contributed by atoms with Crippen LogP contribution in [0.3, 0.4) is 0 Å². The molecule has 0 aromatic carbocycles. The molecule has 86 valence electrons. The van der Waals surface area contributed by atoms with E-state index in [2.05, 4.69) is 15.5 Å². The first kappa shape index (κ1) is 10.8. The molecule has 0 unspecified atom stereocenters. The van der Waals surface area contributed by atoms with Crippen LogP contribution in [0, 0.1) is 0 Å². The molecule has 16 heavy (non-hydrogen) atoms. The van der Waals surface area contributed by atoms with Crippen LogP contribution in [-0.2, 0) is 4.74 Å². The molecular formula is C10H14N4O2. The molecule has 1 aliphatic heterocycles. The van der Waals surface area contributed by atoms with Crippen LogP contribution in [0.1, 0.15) is 10.5 Å². The van der Waals surface area contributed by atoms with Gasteiger partial charge in [-0.05, 0) is 12.1 Å². The van der Waals surface area contributed by atoms with E-state index in [0.29, 0.717) is 37.8 Å². The number of ether oxygens (including phenoxy) is 1. The van der Waals surface area contributed by atoms with Gasteiger partial charge in [0.1, 0.15) is 5.82 Å². The number of carbonyl (C=O) groups excluding carboxylic acids is 1. The minimum atomic E-state index is -0.0848. The topological polar surface area (TPSA) is 67.4 Å². The molecule has 1 N–H and O–H groups in total. The standard InChI is InChI=1S/C10H14N4O2/c1-11-9-3-2-8(12-13-9)10(15)14-4-6-16-7-5-14/h2-3H,4-7H2,1H3,(H,11,13). The van der Waals surface area contributed by atoms with Gasteiger partial charge in [0.15, 0.2) is 5.69 Å². The normalized spacial score (nSPS) is 15.9. The van der Waals surface area contributed by atoms with Gasteiger partial charge in [-0.15, -0.1) is 10.2 Å². The van der Waals surface area contributed by atoms with Crippen LogP contribution in [0.15, 0.2) is 12.1 Å². The molecule has 0 radical (unpaired) electrons. The van der Waals surface area contributed by atoms with Gasteiger partial charge < -0.3 is 15.0 Å². The Morgan fingerprint density at radius 3 is 2.69 bits per heavy atom. The number of nitrogens with zero attached hydrogens (tertiary/aromatic N) is 3. The Bertz CT molecular complexity index is 360. The maximum absolute atomic E-state index is 11.9. The molecule has 0 spiro atoms. The minimum Gasteiger partial charge on any atom is -0.378 e. The van der Waals surface area contributed by atoms with Gasteiger partial charge in [-0.3, -0.25) is 4.79 Å². The Morgan fingerprint density at radius 2 is 2.12 bits per heavy atom. The van der Waals surface area contributed by atoms with Crippen molar-refractivity contribution in [3.63, 3.8) is 0 Å². The van der Waals surface area contributed by atoms with Crippen LogP contribution in [0.25, 0.3) is 0 Å². The van der Waals surface area contributed by atoms with Crippen LogP contribution in [0.4, 0.5) is 5.82 Å². The van der Waals surface area contributed by atoms with Gasteiger partial charge in [0.25, 0.3) is 5.91 Å². The van der Waals surface area contributed by atoms with Gasteiger partial charge in [0.05, 0.1) is 13.2 Å². The van der Waals surface area contributed by atoms with E-state index in [1.807, 2.05) is 0 Å². The first-order chi connectivity index (χ1) is 7.81. The summed E-state index contributed by atoms with van der Waals surface area (Å²) in [7, 11) is 1.76. The third kappa shape index (κ3) is 2.27. The molecule has 0 atom stereocenters. The summed E-state index contributed by atoms with van der Waals surface area (Å²) in [6.45, 7) is 2.42. The molecule has 2 rings (SSSR count). The largest absolute Gasteiger partial charge is 0.378 e. The van der Waals surface area contributed by atoms with E-state index in [1.165, 1.54) is 0 Å². The molecule has 1 fully saturated rings. The molecule has 1 aromatic rings. The zero-order valence-corrected chi connectivity index (χ0v) is 9.14. The third-order valence-corrected chi connectivity index (χ3v) is 2.44. The molecule has 1 aliphatic rings. The van der Waals surface area contributed by atoms with E-state index in [4.69, 9.17) is 4.74 Å².